The molecule has 100 valence electrons. The molecule has 0 radical (unpaired) electrons. The van der Waals surface area contributed by atoms with Gasteiger partial charge in [-0.3, -0.25) is 4.79 Å². The summed E-state index contributed by atoms with van der Waals surface area (Å²) in [7, 11) is 0. The van der Waals surface area contributed by atoms with Gasteiger partial charge in [0.1, 0.15) is 5.52 Å². The van der Waals surface area contributed by atoms with Crippen molar-refractivity contribution in [3.8, 4) is 0 Å². The number of likely N-dealkylation sites (tertiary alicyclic amines) is 1. The molecular formula is C14H17N3O2. The van der Waals surface area contributed by atoms with Gasteiger partial charge in [-0.25, -0.2) is 4.98 Å². The topological polar surface area (TPSA) is 72.4 Å². The van der Waals surface area contributed by atoms with Crippen molar-refractivity contribution in [3.63, 3.8) is 0 Å². The highest BCUT2D eigenvalue weighted by Gasteiger charge is 2.29. The zero-order valence-electron chi connectivity index (χ0n) is 10.9. The van der Waals surface area contributed by atoms with Gasteiger partial charge in [0.05, 0.1) is 12.2 Å². The quantitative estimate of drug-likeness (QED) is 0.857. The molecule has 19 heavy (non-hydrogen) atoms. The molecule has 1 amide bonds. The highest BCUT2D eigenvalue weighted by molar-refractivity contribution is 5.85. The van der Waals surface area contributed by atoms with Gasteiger partial charge in [0, 0.05) is 13.0 Å². The fraction of sp³-hybridized carbons (Fsp3) is 0.429. The lowest BCUT2D eigenvalue weighted by Gasteiger charge is -2.13. The predicted molar refractivity (Wildman–Crippen MR) is 72.2 cm³/mol. The summed E-state index contributed by atoms with van der Waals surface area (Å²) >= 11 is 0. The highest BCUT2D eigenvalue weighted by atomic mass is 16.3. The number of anilines is 1. The Labute approximate surface area is 111 Å². The number of oxazole rings is 1. The second-order valence-electron chi connectivity index (χ2n) is 5.05. The van der Waals surface area contributed by atoms with Crippen molar-refractivity contribution in [2.75, 3.05) is 12.3 Å². The van der Waals surface area contributed by atoms with Gasteiger partial charge in [0.25, 0.3) is 0 Å². The van der Waals surface area contributed by atoms with Gasteiger partial charge in [-0.2, -0.15) is 0 Å². The molecule has 1 aliphatic rings. The van der Waals surface area contributed by atoms with Crippen molar-refractivity contribution in [2.45, 2.75) is 26.3 Å². The van der Waals surface area contributed by atoms with Gasteiger partial charge < -0.3 is 15.1 Å². The molecule has 1 aliphatic heterocycles. The molecule has 1 saturated heterocycles. The van der Waals surface area contributed by atoms with E-state index in [0.717, 1.165) is 13.0 Å². The zero-order valence-corrected chi connectivity index (χ0v) is 10.9. The summed E-state index contributed by atoms with van der Waals surface area (Å²) in [4.78, 5) is 18.1. The number of carbonyl (C=O) groups excluding carboxylic acids is 1. The first-order chi connectivity index (χ1) is 9.17. The zero-order chi connectivity index (χ0) is 13.4. The normalized spacial score (nSPS) is 19.5. The lowest BCUT2D eigenvalue weighted by Crippen LogP contribution is -2.24. The Morgan fingerprint density at radius 3 is 3.05 bits per heavy atom. The van der Waals surface area contributed by atoms with E-state index in [1.165, 1.54) is 0 Å². The van der Waals surface area contributed by atoms with Crippen LogP contribution in [0.2, 0.25) is 0 Å². The molecule has 0 aliphatic carbocycles. The van der Waals surface area contributed by atoms with Gasteiger partial charge in [-0.15, -0.1) is 0 Å². The summed E-state index contributed by atoms with van der Waals surface area (Å²) in [6, 6.07) is 5.46. The summed E-state index contributed by atoms with van der Waals surface area (Å²) in [5.74, 6) is 1.20. The van der Waals surface area contributed by atoms with Crippen LogP contribution in [-0.2, 0) is 11.3 Å². The first-order valence-electron chi connectivity index (χ1n) is 6.59. The number of benzene rings is 1. The molecule has 2 aromatic rings. The number of aromatic nitrogens is 1. The van der Waals surface area contributed by atoms with E-state index in [0.29, 0.717) is 41.6 Å². The van der Waals surface area contributed by atoms with E-state index < -0.39 is 0 Å². The van der Waals surface area contributed by atoms with E-state index in [2.05, 4.69) is 11.9 Å². The van der Waals surface area contributed by atoms with Gasteiger partial charge >= 0.3 is 0 Å². The van der Waals surface area contributed by atoms with Gasteiger partial charge in [0.15, 0.2) is 5.58 Å². The Morgan fingerprint density at radius 2 is 2.37 bits per heavy atom. The lowest BCUT2D eigenvalue weighted by molar-refractivity contribution is -0.128. The van der Waals surface area contributed by atoms with Crippen LogP contribution in [-0.4, -0.2) is 22.3 Å². The Bertz CT molecular complexity index is 620. The minimum absolute atomic E-state index is 0.182. The molecule has 3 rings (SSSR count). The maximum atomic E-state index is 11.9. The van der Waals surface area contributed by atoms with Crippen LogP contribution in [0.3, 0.4) is 0 Å². The molecule has 1 aromatic heterocycles. The summed E-state index contributed by atoms with van der Waals surface area (Å²) in [6.07, 6.45) is 1.67. The maximum absolute atomic E-state index is 11.9. The second kappa shape index (κ2) is 4.57. The van der Waals surface area contributed by atoms with Crippen molar-refractivity contribution >= 4 is 22.7 Å². The largest absolute Gasteiger partial charge is 0.439 e. The van der Waals surface area contributed by atoms with Crippen LogP contribution in [0, 0.1) is 5.92 Å². The van der Waals surface area contributed by atoms with Crippen LogP contribution < -0.4 is 5.73 Å². The van der Waals surface area contributed by atoms with Crippen LogP contribution in [0.15, 0.2) is 22.6 Å². The Hall–Kier alpha value is -2.04. The summed E-state index contributed by atoms with van der Waals surface area (Å²) in [6.45, 7) is 3.34. The number of hydrogen-bond acceptors (Lipinski definition) is 4. The minimum atomic E-state index is 0.182. The van der Waals surface area contributed by atoms with E-state index in [-0.39, 0.29) is 5.91 Å². The molecule has 0 spiro atoms. The van der Waals surface area contributed by atoms with Crippen LogP contribution >= 0.6 is 0 Å². The average Bonchev–Trinajstić information content (AvgIpc) is 2.95. The van der Waals surface area contributed by atoms with Crippen LogP contribution in [0.1, 0.15) is 25.7 Å². The third kappa shape index (κ3) is 2.16. The number of nitrogen functional groups attached to an aromatic ring is 1. The Kier molecular flexibility index (Phi) is 2.89. The van der Waals surface area contributed by atoms with Crippen LogP contribution in [0.25, 0.3) is 11.1 Å². The van der Waals surface area contributed by atoms with Crippen LogP contribution in [0.5, 0.6) is 0 Å². The SMILES string of the molecule is CCC1CC(=O)N(Cc2nc3c(N)cccc3o2)C1. The number of nitrogens with zero attached hydrogens (tertiary/aromatic N) is 2. The number of amides is 1. The molecule has 2 heterocycles. The molecule has 1 unspecified atom stereocenters. The second-order valence-corrected chi connectivity index (χ2v) is 5.05. The van der Waals surface area contributed by atoms with E-state index >= 15 is 0 Å². The van der Waals surface area contributed by atoms with Gasteiger partial charge in [-0.05, 0) is 18.1 Å². The maximum Gasteiger partial charge on any atom is 0.223 e. The molecule has 1 fully saturated rings. The molecule has 0 bridgehead atoms. The van der Waals surface area contributed by atoms with E-state index in [9.17, 15) is 4.79 Å². The van der Waals surface area contributed by atoms with Crippen molar-refractivity contribution in [2.24, 2.45) is 5.92 Å². The molecule has 0 saturated carbocycles. The van der Waals surface area contributed by atoms with Gasteiger partial charge in [-0.1, -0.05) is 19.4 Å². The molecule has 5 nitrogen and oxygen atoms in total. The van der Waals surface area contributed by atoms with Crippen LogP contribution in [0.4, 0.5) is 5.69 Å². The summed E-state index contributed by atoms with van der Waals surface area (Å²) < 4.78 is 5.64. The van der Waals surface area contributed by atoms with Gasteiger partial charge in [0.2, 0.25) is 11.8 Å². The lowest BCUT2D eigenvalue weighted by atomic mass is 10.1. The molecule has 1 atom stereocenters. The number of fused-ring (bicyclic) bond motifs is 1. The highest BCUT2D eigenvalue weighted by Crippen LogP contribution is 2.25. The fourth-order valence-electron chi connectivity index (χ4n) is 2.53. The number of para-hydroxylation sites is 1. The summed E-state index contributed by atoms with van der Waals surface area (Å²) in [5.41, 5.74) is 7.80. The fourth-order valence-corrected chi connectivity index (χ4v) is 2.53. The number of hydrogen-bond donors (Lipinski definition) is 1. The number of nitrogens with two attached hydrogens (primary N) is 1. The Morgan fingerprint density at radius 1 is 1.53 bits per heavy atom. The van der Waals surface area contributed by atoms with Crippen molar-refractivity contribution in [3.05, 3.63) is 24.1 Å². The van der Waals surface area contributed by atoms with Crippen molar-refractivity contribution in [1.82, 2.24) is 9.88 Å². The first-order valence-corrected chi connectivity index (χ1v) is 6.59. The van der Waals surface area contributed by atoms with E-state index in [1.54, 1.807) is 6.07 Å². The molecule has 5 heteroatoms. The van der Waals surface area contributed by atoms with E-state index in [1.807, 2.05) is 17.0 Å². The third-order valence-corrected chi connectivity index (χ3v) is 3.69. The standard InChI is InChI=1S/C14H17N3O2/c1-2-9-6-13(18)17(7-9)8-12-16-14-10(15)4-3-5-11(14)19-12/h3-5,9H,2,6-8,15H2,1H3. The molecular weight excluding hydrogens is 242 g/mol. The van der Waals surface area contributed by atoms with Crippen molar-refractivity contribution in [1.29, 1.82) is 0 Å². The smallest absolute Gasteiger partial charge is 0.223 e. The average molecular weight is 259 g/mol. The van der Waals surface area contributed by atoms with Crippen molar-refractivity contribution < 1.29 is 9.21 Å². The molecule has 2 N–H and O–H groups in total. The van der Waals surface area contributed by atoms with E-state index in [4.69, 9.17) is 10.2 Å². The first kappa shape index (κ1) is 12.0. The Balaban J connectivity index is 1.82. The third-order valence-electron chi connectivity index (χ3n) is 3.69. The monoisotopic (exact) mass is 259 g/mol. The number of rotatable bonds is 3. The molecule has 1 aromatic carbocycles. The summed E-state index contributed by atoms with van der Waals surface area (Å²) in [5, 5.41) is 0. The predicted octanol–water partition coefficient (Wildman–Crippen LogP) is 2.17. The minimum Gasteiger partial charge on any atom is -0.439 e. The number of carbonyl (C=O) groups is 1.